The van der Waals surface area contributed by atoms with Crippen LogP contribution in [-0.2, 0) is 11.0 Å². The third-order valence-electron chi connectivity index (χ3n) is 7.60. The van der Waals surface area contributed by atoms with Gasteiger partial charge in [0.1, 0.15) is 17.4 Å². The number of aromatic nitrogens is 6. The molecule has 1 fully saturated rings. The number of H-pyrrole nitrogens is 1. The lowest BCUT2D eigenvalue weighted by Crippen LogP contribution is -2.36. The standard InChI is InChI=1S/C30H35N6O2Si/c1-17-25(18(2)38-35-17)20-14-21(26-22(15-20)32-27(34-26)19-11-12-19)30(37,23-10-8-9-13-31-23)28-33-24(29(3,4)5)16-36(28)39(6)7/h8-10,13-16,19,37H,11-12H2,1-7H3,(H,32,34). The van der Waals surface area contributed by atoms with Crippen molar-refractivity contribution >= 4 is 20.0 Å². The lowest BCUT2D eigenvalue weighted by molar-refractivity contribution is 0.111. The number of imidazole rings is 2. The highest BCUT2D eigenvalue weighted by molar-refractivity contribution is 6.54. The van der Waals surface area contributed by atoms with Gasteiger partial charge in [0.2, 0.25) is 0 Å². The van der Waals surface area contributed by atoms with Gasteiger partial charge < -0.3 is 18.8 Å². The van der Waals surface area contributed by atoms with Gasteiger partial charge >= 0.3 is 0 Å². The number of aliphatic hydroxyl groups is 1. The SMILES string of the molecule is Cc1noc(C)c1-c1cc(C(O)(c2ccccn2)c2nc(C(C)(C)C)cn2[Si](C)C)c2nc(C3CC3)[nH]c2c1. The molecule has 1 aliphatic rings. The molecule has 1 saturated carbocycles. The van der Waals surface area contributed by atoms with Crippen LogP contribution in [0.15, 0.2) is 47.2 Å². The van der Waals surface area contributed by atoms with E-state index in [2.05, 4.69) is 60.5 Å². The number of hydrogen-bond acceptors (Lipinski definition) is 6. The van der Waals surface area contributed by atoms with Crippen LogP contribution in [0.2, 0.25) is 13.1 Å². The van der Waals surface area contributed by atoms with Gasteiger partial charge in [0.05, 0.1) is 28.1 Å². The second-order valence-corrected chi connectivity index (χ2v) is 14.3. The monoisotopic (exact) mass is 539 g/mol. The maximum Gasteiger partial charge on any atom is 0.191 e. The highest BCUT2D eigenvalue weighted by atomic mass is 28.3. The summed E-state index contributed by atoms with van der Waals surface area (Å²) in [6, 6.07) is 9.75. The summed E-state index contributed by atoms with van der Waals surface area (Å²) < 4.78 is 7.71. The zero-order chi connectivity index (χ0) is 27.7. The predicted octanol–water partition coefficient (Wildman–Crippen LogP) is 5.98. The summed E-state index contributed by atoms with van der Waals surface area (Å²) in [6.07, 6.45) is 6.06. The highest BCUT2D eigenvalue weighted by Gasteiger charge is 2.44. The molecular formula is C30H35N6O2Si. The maximum atomic E-state index is 13.1. The first kappa shape index (κ1) is 25.7. The van der Waals surface area contributed by atoms with Crippen LogP contribution in [-0.4, -0.2) is 43.4 Å². The van der Waals surface area contributed by atoms with Crippen LogP contribution in [0.5, 0.6) is 0 Å². The van der Waals surface area contributed by atoms with E-state index < -0.39 is 14.6 Å². The Balaban J connectivity index is 1.72. The fourth-order valence-corrected chi connectivity index (χ4v) is 6.31. The maximum absolute atomic E-state index is 13.1. The van der Waals surface area contributed by atoms with Crippen molar-refractivity contribution in [2.75, 3.05) is 0 Å². The van der Waals surface area contributed by atoms with Crippen LogP contribution in [0.3, 0.4) is 0 Å². The lowest BCUT2D eigenvalue weighted by atomic mass is 9.85. The molecule has 1 aromatic carbocycles. The number of benzene rings is 1. The van der Waals surface area contributed by atoms with Gasteiger partial charge in [-0.2, -0.15) is 0 Å². The number of hydrogen-bond donors (Lipinski definition) is 2. The Labute approximate surface area is 230 Å². The Bertz CT molecular complexity index is 1650. The third kappa shape index (κ3) is 4.24. The van der Waals surface area contributed by atoms with Crippen LogP contribution in [0.4, 0.5) is 0 Å². The lowest BCUT2D eigenvalue weighted by Gasteiger charge is -2.30. The number of rotatable bonds is 6. The average molecular weight is 540 g/mol. The normalized spacial score (nSPS) is 15.8. The van der Waals surface area contributed by atoms with Crippen molar-refractivity contribution in [1.29, 1.82) is 0 Å². The van der Waals surface area contributed by atoms with Crippen molar-refractivity contribution in [1.82, 2.24) is 29.3 Å². The summed E-state index contributed by atoms with van der Waals surface area (Å²) in [5, 5.41) is 17.3. The molecule has 9 heteroatoms. The summed E-state index contributed by atoms with van der Waals surface area (Å²) in [5.41, 5.74) is 4.45. The van der Waals surface area contributed by atoms with E-state index in [4.69, 9.17) is 19.5 Å². The fourth-order valence-electron chi connectivity index (χ4n) is 5.29. The van der Waals surface area contributed by atoms with Crippen LogP contribution < -0.4 is 0 Å². The topological polar surface area (TPSA) is 106 Å². The Hall–Kier alpha value is -3.56. The van der Waals surface area contributed by atoms with E-state index in [1.807, 2.05) is 38.1 Å². The van der Waals surface area contributed by atoms with Crippen molar-refractivity contribution in [2.45, 2.75) is 77.5 Å². The number of aromatic amines is 1. The zero-order valence-corrected chi connectivity index (χ0v) is 24.6. The summed E-state index contributed by atoms with van der Waals surface area (Å²) in [5.74, 6) is 2.68. The minimum absolute atomic E-state index is 0.193. The molecule has 0 aliphatic heterocycles. The summed E-state index contributed by atoms with van der Waals surface area (Å²) in [6.45, 7) is 14.7. The average Bonchev–Trinajstić information content (AvgIpc) is 3.32. The molecule has 0 spiro atoms. The molecule has 201 valence electrons. The molecule has 39 heavy (non-hydrogen) atoms. The molecule has 6 rings (SSSR count). The van der Waals surface area contributed by atoms with Crippen molar-refractivity contribution in [3.63, 3.8) is 0 Å². The molecule has 4 aromatic heterocycles. The van der Waals surface area contributed by atoms with E-state index in [0.29, 0.717) is 23.0 Å². The summed E-state index contributed by atoms with van der Waals surface area (Å²) in [4.78, 5) is 18.5. The molecule has 2 N–H and O–H groups in total. The predicted molar refractivity (Wildman–Crippen MR) is 153 cm³/mol. The first-order valence-electron chi connectivity index (χ1n) is 13.5. The second-order valence-electron chi connectivity index (χ2n) is 12.0. The Morgan fingerprint density at radius 1 is 1.08 bits per heavy atom. The van der Waals surface area contributed by atoms with Crippen molar-refractivity contribution in [3.8, 4) is 11.1 Å². The molecule has 1 radical (unpaired) electrons. The van der Waals surface area contributed by atoms with E-state index in [1.54, 1.807) is 6.20 Å². The number of fused-ring (bicyclic) bond motifs is 1. The van der Waals surface area contributed by atoms with Gasteiger partial charge in [-0.3, -0.25) is 4.98 Å². The summed E-state index contributed by atoms with van der Waals surface area (Å²) in [7, 11) is -1.08. The van der Waals surface area contributed by atoms with Crippen LogP contribution in [0.1, 0.15) is 79.6 Å². The quantitative estimate of drug-likeness (QED) is 0.257. The number of nitrogens with zero attached hydrogens (tertiary/aromatic N) is 5. The minimum Gasteiger partial charge on any atom is -0.372 e. The number of aryl methyl sites for hydroxylation is 2. The van der Waals surface area contributed by atoms with E-state index in [-0.39, 0.29) is 5.41 Å². The van der Waals surface area contributed by atoms with Gasteiger partial charge in [-0.05, 0) is 56.5 Å². The molecule has 1 aliphatic carbocycles. The molecule has 1 unspecified atom stereocenters. The van der Waals surface area contributed by atoms with E-state index >= 15 is 0 Å². The Kier molecular flexibility index (Phi) is 5.93. The molecule has 0 amide bonds. The molecule has 1 atom stereocenters. The number of pyridine rings is 1. The van der Waals surface area contributed by atoms with Gasteiger partial charge in [-0.25, -0.2) is 9.97 Å². The van der Waals surface area contributed by atoms with E-state index in [0.717, 1.165) is 58.0 Å². The van der Waals surface area contributed by atoms with E-state index in [1.165, 1.54) is 0 Å². The Morgan fingerprint density at radius 3 is 2.44 bits per heavy atom. The molecule has 8 nitrogen and oxygen atoms in total. The first-order valence-corrected chi connectivity index (χ1v) is 15.9. The van der Waals surface area contributed by atoms with Crippen LogP contribution >= 0.6 is 0 Å². The van der Waals surface area contributed by atoms with Gasteiger partial charge in [0.25, 0.3) is 0 Å². The third-order valence-corrected chi connectivity index (χ3v) is 8.90. The molecule has 0 saturated heterocycles. The van der Waals surface area contributed by atoms with Crippen LogP contribution in [0.25, 0.3) is 22.2 Å². The highest BCUT2D eigenvalue weighted by Crippen LogP contribution is 2.44. The largest absolute Gasteiger partial charge is 0.372 e. The fraction of sp³-hybridized carbons (Fsp3) is 0.400. The molecule has 0 bridgehead atoms. The zero-order valence-electron chi connectivity index (χ0n) is 23.6. The second kappa shape index (κ2) is 8.99. The first-order chi connectivity index (χ1) is 18.5. The Morgan fingerprint density at radius 2 is 1.85 bits per heavy atom. The minimum atomic E-state index is -1.66. The van der Waals surface area contributed by atoms with Gasteiger partial charge in [-0.1, -0.05) is 45.1 Å². The number of nitrogens with one attached hydrogen (secondary N) is 1. The molecular weight excluding hydrogens is 504 g/mol. The molecule has 4 heterocycles. The van der Waals surface area contributed by atoms with Gasteiger partial charge in [0, 0.05) is 34.9 Å². The smallest absolute Gasteiger partial charge is 0.191 e. The van der Waals surface area contributed by atoms with Crippen LogP contribution in [0, 0.1) is 13.8 Å². The van der Waals surface area contributed by atoms with Crippen molar-refractivity contribution in [2.24, 2.45) is 0 Å². The van der Waals surface area contributed by atoms with Crippen molar-refractivity contribution in [3.05, 3.63) is 82.8 Å². The van der Waals surface area contributed by atoms with Gasteiger partial charge in [0.15, 0.2) is 14.6 Å². The summed E-state index contributed by atoms with van der Waals surface area (Å²) >= 11 is 0. The van der Waals surface area contributed by atoms with Gasteiger partial charge in [-0.15, -0.1) is 0 Å². The van der Waals surface area contributed by atoms with Crippen molar-refractivity contribution < 1.29 is 9.63 Å². The van der Waals surface area contributed by atoms with E-state index in [9.17, 15) is 5.11 Å². The molecule has 5 aromatic rings.